The molecule has 2 aromatic rings. The molecule has 3 heteroatoms. The first-order valence-corrected chi connectivity index (χ1v) is 4.23. The fourth-order valence-electron chi connectivity index (χ4n) is 1.30. The number of nitrogen functional groups attached to an aromatic ring is 1. The zero-order chi connectivity index (χ0) is 9.97. The standard InChI is InChI=1S/C11H9FN2/c12-11-4-2-1-3-10(11)8-5-9(13)7-14-6-8/h1-7H,13H2. The summed E-state index contributed by atoms with van der Waals surface area (Å²) in [6.07, 6.45) is 3.12. The van der Waals surface area contributed by atoms with Crippen LogP contribution in [0.3, 0.4) is 0 Å². The van der Waals surface area contributed by atoms with Crippen LogP contribution in [0.4, 0.5) is 10.1 Å². The van der Waals surface area contributed by atoms with Crippen molar-refractivity contribution >= 4 is 5.69 Å². The maximum atomic E-state index is 13.3. The molecule has 0 atom stereocenters. The van der Waals surface area contributed by atoms with Crippen molar-refractivity contribution in [2.75, 3.05) is 5.73 Å². The van der Waals surface area contributed by atoms with Gasteiger partial charge in [0.2, 0.25) is 0 Å². The summed E-state index contributed by atoms with van der Waals surface area (Å²) in [6, 6.07) is 8.25. The van der Waals surface area contributed by atoms with Crippen molar-refractivity contribution in [2.24, 2.45) is 0 Å². The van der Waals surface area contributed by atoms with Gasteiger partial charge >= 0.3 is 0 Å². The number of hydrogen-bond acceptors (Lipinski definition) is 2. The van der Waals surface area contributed by atoms with Crippen molar-refractivity contribution in [1.82, 2.24) is 4.98 Å². The smallest absolute Gasteiger partial charge is 0.131 e. The number of benzene rings is 1. The zero-order valence-corrected chi connectivity index (χ0v) is 7.44. The number of anilines is 1. The van der Waals surface area contributed by atoms with Gasteiger partial charge in [0, 0.05) is 23.5 Å². The first-order valence-electron chi connectivity index (χ1n) is 4.23. The van der Waals surface area contributed by atoms with Gasteiger partial charge in [0.1, 0.15) is 5.82 Å². The van der Waals surface area contributed by atoms with Crippen molar-refractivity contribution < 1.29 is 4.39 Å². The highest BCUT2D eigenvalue weighted by atomic mass is 19.1. The molecule has 2 nitrogen and oxygen atoms in total. The van der Waals surface area contributed by atoms with Gasteiger partial charge in [-0.3, -0.25) is 4.98 Å². The van der Waals surface area contributed by atoms with Crippen LogP contribution in [0.2, 0.25) is 0 Å². The van der Waals surface area contributed by atoms with Crippen LogP contribution in [0, 0.1) is 5.82 Å². The molecule has 0 amide bonds. The lowest BCUT2D eigenvalue weighted by Gasteiger charge is -2.02. The molecule has 0 saturated carbocycles. The van der Waals surface area contributed by atoms with Crippen LogP contribution in [-0.2, 0) is 0 Å². The maximum Gasteiger partial charge on any atom is 0.131 e. The van der Waals surface area contributed by atoms with Crippen LogP contribution in [0.15, 0.2) is 42.7 Å². The molecule has 0 bridgehead atoms. The van der Waals surface area contributed by atoms with Gasteiger partial charge in [-0.2, -0.15) is 0 Å². The summed E-state index contributed by atoms with van der Waals surface area (Å²) in [7, 11) is 0. The molecule has 1 aromatic heterocycles. The largest absolute Gasteiger partial charge is 0.397 e. The molecular weight excluding hydrogens is 179 g/mol. The van der Waals surface area contributed by atoms with E-state index in [4.69, 9.17) is 5.73 Å². The summed E-state index contributed by atoms with van der Waals surface area (Å²) in [6.45, 7) is 0. The Morgan fingerprint density at radius 2 is 1.93 bits per heavy atom. The first kappa shape index (κ1) is 8.69. The van der Waals surface area contributed by atoms with Gasteiger partial charge < -0.3 is 5.73 Å². The second-order valence-corrected chi connectivity index (χ2v) is 2.99. The van der Waals surface area contributed by atoms with Crippen LogP contribution >= 0.6 is 0 Å². The Morgan fingerprint density at radius 3 is 2.64 bits per heavy atom. The van der Waals surface area contributed by atoms with Gasteiger partial charge in [-0.15, -0.1) is 0 Å². The lowest BCUT2D eigenvalue weighted by molar-refractivity contribution is 0.631. The number of halogens is 1. The zero-order valence-electron chi connectivity index (χ0n) is 7.44. The van der Waals surface area contributed by atoms with Crippen molar-refractivity contribution in [3.05, 3.63) is 48.5 Å². The van der Waals surface area contributed by atoms with Crippen molar-refractivity contribution in [3.63, 3.8) is 0 Å². The minimum absolute atomic E-state index is 0.264. The van der Waals surface area contributed by atoms with E-state index in [0.29, 0.717) is 16.8 Å². The number of aromatic nitrogens is 1. The van der Waals surface area contributed by atoms with Crippen molar-refractivity contribution in [1.29, 1.82) is 0 Å². The molecule has 2 N–H and O–H groups in total. The lowest BCUT2D eigenvalue weighted by atomic mass is 10.1. The molecule has 0 fully saturated rings. The summed E-state index contributed by atoms with van der Waals surface area (Å²) in [5.74, 6) is -0.264. The molecule has 0 aliphatic carbocycles. The highest BCUT2D eigenvalue weighted by Crippen LogP contribution is 2.22. The molecule has 0 unspecified atom stereocenters. The Kier molecular flexibility index (Phi) is 2.14. The fourth-order valence-corrected chi connectivity index (χ4v) is 1.30. The number of hydrogen-bond donors (Lipinski definition) is 1. The molecule has 0 spiro atoms. The van der Waals surface area contributed by atoms with E-state index >= 15 is 0 Å². The van der Waals surface area contributed by atoms with E-state index in [2.05, 4.69) is 4.98 Å². The average molecular weight is 188 g/mol. The predicted molar refractivity (Wildman–Crippen MR) is 54.0 cm³/mol. The fraction of sp³-hybridized carbons (Fsp3) is 0. The summed E-state index contributed by atoms with van der Waals surface area (Å²) in [4.78, 5) is 3.91. The van der Waals surface area contributed by atoms with E-state index in [1.165, 1.54) is 12.3 Å². The van der Waals surface area contributed by atoms with Gasteiger partial charge in [0.05, 0.1) is 5.69 Å². The Balaban J connectivity index is 2.55. The summed E-state index contributed by atoms with van der Waals surface area (Å²) in [5.41, 5.74) is 7.31. The van der Waals surface area contributed by atoms with E-state index in [1.54, 1.807) is 30.5 Å². The van der Waals surface area contributed by atoms with Gasteiger partial charge in [0.25, 0.3) is 0 Å². The third kappa shape index (κ3) is 1.57. The molecule has 0 aliphatic heterocycles. The van der Waals surface area contributed by atoms with Crippen LogP contribution in [0.1, 0.15) is 0 Å². The van der Waals surface area contributed by atoms with Gasteiger partial charge in [0.15, 0.2) is 0 Å². The second-order valence-electron chi connectivity index (χ2n) is 2.99. The highest BCUT2D eigenvalue weighted by Gasteiger charge is 2.03. The molecule has 14 heavy (non-hydrogen) atoms. The van der Waals surface area contributed by atoms with E-state index in [0.717, 1.165) is 0 Å². The molecule has 0 aliphatic rings. The Hall–Kier alpha value is -1.90. The Morgan fingerprint density at radius 1 is 1.14 bits per heavy atom. The van der Waals surface area contributed by atoms with Crippen LogP contribution < -0.4 is 5.73 Å². The SMILES string of the molecule is Nc1cncc(-c2ccccc2F)c1. The van der Waals surface area contributed by atoms with E-state index in [9.17, 15) is 4.39 Å². The van der Waals surface area contributed by atoms with Crippen molar-refractivity contribution in [2.45, 2.75) is 0 Å². The summed E-state index contributed by atoms with van der Waals surface area (Å²) >= 11 is 0. The van der Waals surface area contributed by atoms with Crippen LogP contribution in [-0.4, -0.2) is 4.98 Å². The number of nitrogens with zero attached hydrogens (tertiary/aromatic N) is 1. The minimum Gasteiger partial charge on any atom is -0.397 e. The quantitative estimate of drug-likeness (QED) is 0.746. The normalized spacial score (nSPS) is 10.1. The van der Waals surface area contributed by atoms with Gasteiger partial charge in [-0.1, -0.05) is 18.2 Å². The monoisotopic (exact) mass is 188 g/mol. The number of nitrogens with two attached hydrogens (primary N) is 1. The highest BCUT2D eigenvalue weighted by molar-refractivity contribution is 5.66. The third-order valence-corrected chi connectivity index (χ3v) is 1.94. The maximum absolute atomic E-state index is 13.3. The summed E-state index contributed by atoms with van der Waals surface area (Å²) in [5, 5.41) is 0. The third-order valence-electron chi connectivity index (χ3n) is 1.94. The first-order chi connectivity index (χ1) is 6.77. The molecule has 2 rings (SSSR count). The summed E-state index contributed by atoms with van der Waals surface area (Å²) < 4.78 is 13.3. The topological polar surface area (TPSA) is 38.9 Å². The van der Waals surface area contributed by atoms with Gasteiger partial charge in [-0.05, 0) is 12.1 Å². The minimum atomic E-state index is -0.264. The van der Waals surface area contributed by atoms with Crippen LogP contribution in [0.5, 0.6) is 0 Å². The molecule has 1 heterocycles. The molecule has 0 saturated heterocycles. The Labute approximate surface area is 81.2 Å². The van der Waals surface area contributed by atoms with E-state index < -0.39 is 0 Å². The number of rotatable bonds is 1. The predicted octanol–water partition coefficient (Wildman–Crippen LogP) is 2.47. The average Bonchev–Trinajstić information content (AvgIpc) is 2.18. The molecular formula is C11H9FN2. The Bertz CT molecular complexity index is 455. The number of pyridine rings is 1. The van der Waals surface area contributed by atoms with E-state index in [-0.39, 0.29) is 5.82 Å². The lowest BCUT2D eigenvalue weighted by Crippen LogP contribution is -1.89. The van der Waals surface area contributed by atoms with Crippen LogP contribution in [0.25, 0.3) is 11.1 Å². The molecule has 70 valence electrons. The van der Waals surface area contributed by atoms with Crippen molar-refractivity contribution in [3.8, 4) is 11.1 Å². The molecule has 0 radical (unpaired) electrons. The second kappa shape index (κ2) is 3.46. The molecule has 1 aromatic carbocycles. The van der Waals surface area contributed by atoms with Gasteiger partial charge in [-0.25, -0.2) is 4.39 Å². The van der Waals surface area contributed by atoms with E-state index in [1.807, 2.05) is 0 Å².